The second kappa shape index (κ2) is 4.38. The molecule has 0 aliphatic heterocycles. The van der Waals surface area contributed by atoms with Crippen molar-refractivity contribution in [3.8, 4) is 6.07 Å². The van der Waals surface area contributed by atoms with Crippen LogP contribution in [0.5, 0.6) is 0 Å². The van der Waals surface area contributed by atoms with E-state index in [2.05, 4.69) is 9.36 Å². The van der Waals surface area contributed by atoms with Crippen LogP contribution in [0.4, 0.5) is 4.39 Å². The second-order valence-electron chi connectivity index (χ2n) is 2.60. The van der Waals surface area contributed by atoms with E-state index < -0.39 is 5.82 Å². The van der Waals surface area contributed by atoms with E-state index in [0.29, 0.717) is 10.5 Å². The van der Waals surface area contributed by atoms with Crippen LogP contribution < -0.4 is 0 Å². The van der Waals surface area contributed by atoms with Gasteiger partial charge >= 0.3 is 0 Å². The van der Waals surface area contributed by atoms with Crippen molar-refractivity contribution in [3.05, 3.63) is 35.9 Å². The van der Waals surface area contributed by atoms with E-state index in [1.807, 2.05) is 6.07 Å². The number of hydrogen-bond acceptors (Lipinski definition) is 5. The molecule has 3 nitrogen and oxygen atoms in total. The standard InChI is InChI=1S/C9H4FN3S2/c10-7-1-6(4-11)2-8(3-7)14-9-12-5-13-15-9/h1-3,5H. The number of aromatic nitrogens is 2. The molecule has 1 aromatic carbocycles. The second-order valence-corrected chi connectivity index (χ2v) is 4.70. The third-order valence-electron chi connectivity index (χ3n) is 1.55. The third-order valence-corrected chi connectivity index (χ3v) is 3.23. The maximum absolute atomic E-state index is 13.0. The SMILES string of the molecule is N#Cc1cc(F)cc(Sc2ncns2)c1. The van der Waals surface area contributed by atoms with Crippen LogP contribution in [-0.2, 0) is 0 Å². The summed E-state index contributed by atoms with van der Waals surface area (Å²) in [5.74, 6) is -0.416. The zero-order valence-corrected chi connectivity index (χ0v) is 8.98. The van der Waals surface area contributed by atoms with Gasteiger partial charge in [0.25, 0.3) is 0 Å². The van der Waals surface area contributed by atoms with Crippen molar-refractivity contribution in [1.82, 2.24) is 9.36 Å². The van der Waals surface area contributed by atoms with Gasteiger partial charge in [-0.2, -0.15) is 9.64 Å². The van der Waals surface area contributed by atoms with Gasteiger partial charge in [0.1, 0.15) is 12.1 Å². The lowest BCUT2D eigenvalue weighted by atomic mass is 10.2. The first-order chi connectivity index (χ1) is 7.28. The fourth-order valence-electron chi connectivity index (χ4n) is 0.995. The Morgan fingerprint density at radius 2 is 2.27 bits per heavy atom. The van der Waals surface area contributed by atoms with Crippen LogP contribution in [-0.4, -0.2) is 9.36 Å². The van der Waals surface area contributed by atoms with Crippen molar-refractivity contribution in [2.75, 3.05) is 0 Å². The first-order valence-electron chi connectivity index (χ1n) is 3.93. The lowest BCUT2D eigenvalue weighted by Crippen LogP contribution is -1.81. The fourth-order valence-corrected chi connectivity index (χ4v) is 2.50. The summed E-state index contributed by atoms with van der Waals surface area (Å²) in [6.45, 7) is 0. The Labute approximate surface area is 93.8 Å². The van der Waals surface area contributed by atoms with Crippen LogP contribution >= 0.6 is 23.3 Å². The number of hydrogen-bond donors (Lipinski definition) is 0. The van der Waals surface area contributed by atoms with Crippen molar-refractivity contribution in [2.24, 2.45) is 0 Å². The summed E-state index contributed by atoms with van der Waals surface area (Å²) in [6, 6.07) is 6.09. The van der Waals surface area contributed by atoms with Crippen LogP contribution in [0.15, 0.2) is 33.8 Å². The fraction of sp³-hybridized carbons (Fsp3) is 0. The highest BCUT2D eigenvalue weighted by Crippen LogP contribution is 2.29. The van der Waals surface area contributed by atoms with Crippen LogP contribution in [0.25, 0.3) is 0 Å². The molecule has 15 heavy (non-hydrogen) atoms. The average Bonchev–Trinajstić information content (AvgIpc) is 2.69. The molecule has 2 aromatic rings. The molecule has 1 aromatic heterocycles. The van der Waals surface area contributed by atoms with Gasteiger partial charge in [-0.15, -0.1) is 0 Å². The Morgan fingerprint density at radius 1 is 1.40 bits per heavy atom. The molecule has 2 rings (SSSR count). The highest BCUT2D eigenvalue weighted by Gasteiger charge is 2.04. The molecule has 0 aliphatic carbocycles. The Balaban J connectivity index is 2.29. The number of nitrogens with zero attached hydrogens (tertiary/aromatic N) is 3. The van der Waals surface area contributed by atoms with Crippen LogP contribution in [0.2, 0.25) is 0 Å². The van der Waals surface area contributed by atoms with Gasteiger partial charge in [-0.05, 0) is 29.7 Å². The van der Waals surface area contributed by atoms with Crippen LogP contribution in [0, 0.1) is 17.1 Å². The minimum Gasteiger partial charge on any atom is -0.216 e. The maximum Gasteiger partial charge on any atom is 0.174 e. The summed E-state index contributed by atoms with van der Waals surface area (Å²) in [5, 5.41) is 8.66. The Morgan fingerprint density at radius 3 is 2.93 bits per heavy atom. The molecule has 0 N–H and O–H groups in total. The highest BCUT2D eigenvalue weighted by molar-refractivity contribution is 8.01. The molecule has 0 spiro atoms. The number of halogens is 1. The molecule has 74 valence electrons. The Bertz CT molecular complexity index is 505. The molecule has 0 saturated carbocycles. The van der Waals surface area contributed by atoms with E-state index in [9.17, 15) is 4.39 Å². The van der Waals surface area contributed by atoms with Gasteiger partial charge < -0.3 is 0 Å². The normalized spacial score (nSPS) is 9.87. The van der Waals surface area contributed by atoms with Gasteiger partial charge in [-0.1, -0.05) is 11.8 Å². The summed E-state index contributed by atoms with van der Waals surface area (Å²) in [4.78, 5) is 4.62. The molecule has 0 atom stereocenters. The zero-order valence-electron chi connectivity index (χ0n) is 7.35. The van der Waals surface area contributed by atoms with Crippen LogP contribution in [0.3, 0.4) is 0 Å². The Hall–Kier alpha value is -1.45. The highest BCUT2D eigenvalue weighted by atomic mass is 32.2. The molecule has 0 radical (unpaired) electrons. The summed E-state index contributed by atoms with van der Waals surface area (Å²) in [7, 11) is 0. The van der Waals surface area contributed by atoms with E-state index in [0.717, 1.165) is 4.34 Å². The Kier molecular flexibility index (Phi) is 2.94. The molecular formula is C9H4FN3S2. The topological polar surface area (TPSA) is 49.6 Å². The summed E-state index contributed by atoms with van der Waals surface area (Å²) in [6.07, 6.45) is 1.44. The minimum atomic E-state index is -0.416. The quantitative estimate of drug-likeness (QED) is 0.805. The first-order valence-corrected chi connectivity index (χ1v) is 5.52. The lowest BCUT2D eigenvalue weighted by molar-refractivity contribution is 0.623. The molecule has 0 saturated heterocycles. The number of nitriles is 1. The molecule has 6 heteroatoms. The van der Waals surface area contributed by atoms with E-state index in [-0.39, 0.29) is 0 Å². The van der Waals surface area contributed by atoms with E-state index >= 15 is 0 Å². The maximum atomic E-state index is 13.0. The predicted molar refractivity (Wildman–Crippen MR) is 55.1 cm³/mol. The average molecular weight is 237 g/mol. The largest absolute Gasteiger partial charge is 0.216 e. The van der Waals surface area contributed by atoms with Gasteiger partial charge in [0, 0.05) is 4.90 Å². The van der Waals surface area contributed by atoms with E-state index in [1.54, 1.807) is 6.07 Å². The number of benzene rings is 1. The van der Waals surface area contributed by atoms with Gasteiger partial charge in [-0.3, -0.25) is 0 Å². The van der Waals surface area contributed by atoms with Gasteiger partial charge in [0.15, 0.2) is 4.34 Å². The monoisotopic (exact) mass is 237 g/mol. The van der Waals surface area contributed by atoms with Gasteiger partial charge in [0.05, 0.1) is 11.6 Å². The van der Waals surface area contributed by atoms with Crippen molar-refractivity contribution in [2.45, 2.75) is 9.24 Å². The van der Waals surface area contributed by atoms with Crippen molar-refractivity contribution in [1.29, 1.82) is 5.26 Å². The summed E-state index contributed by atoms with van der Waals surface area (Å²) in [5.41, 5.74) is 0.307. The third kappa shape index (κ3) is 2.52. The first kappa shape index (κ1) is 10.1. The molecule has 0 bridgehead atoms. The molecule has 1 heterocycles. The summed E-state index contributed by atoms with van der Waals surface area (Å²) >= 11 is 2.53. The van der Waals surface area contributed by atoms with Gasteiger partial charge in [-0.25, -0.2) is 9.37 Å². The zero-order chi connectivity index (χ0) is 10.7. The van der Waals surface area contributed by atoms with Crippen LogP contribution in [0.1, 0.15) is 5.56 Å². The smallest absolute Gasteiger partial charge is 0.174 e. The molecule has 0 unspecified atom stereocenters. The van der Waals surface area contributed by atoms with E-state index in [4.69, 9.17) is 5.26 Å². The molecule has 0 amide bonds. The molecule has 0 fully saturated rings. The van der Waals surface area contributed by atoms with Crippen molar-refractivity contribution >= 4 is 23.3 Å². The molecule has 0 aliphatic rings. The van der Waals surface area contributed by atoms with E-state index in [1.165, 1.54) is 41.8 Å². The lowest BCUT2D eigenvalue weighted by Gasteiger charge is -1.98. The molecular weight excluding hydrogens is 233 g/mol. The van der Waals surface area contributed by atoms with Gasteiger partial charge in [0.2, 0.25) is 0 Å². The minimum absolute atomic E-state index is 0.307. The summed E-state index contributed by atoms with van der Waals surface area (Å²) < 4.78 is 17.6. The number of rotatable bonds is 2. The van der Waals surface area contributed by atoms with Crippen molar-refractivity contribution in [3.63, 3.8) is 0 Å². The predicted octanol–water partition coefficient (Wildman–Crippen LogP) is 2.70. The van der Waals surface area contributed by atoms with Crippen molar-refractivity contribution < 1.29 is 4.39 Å².